The second-order valence-electron chi connectivity index (χ2n) is 7.46. The van der Waals surface area contributed by atoms with Crippen molar-refractivity contribution < 1.29 is 4.74 Å². The molecular formula is C22H28N10O. The van der Waals surface area contributed by atoms with E-state index in [1.165, 1.54) is 11.8 Å². The van der Waals surface area contributed by atoms with Gasteiger partial charge in [0.15, 0.2) is 23.1 Å². The van der Waals surface area contributed by atoms with Crippen molar-refractivity contribution in [2.75, 3.05) is 43.3 Å². The molecule has 0 aliphatic carbocycles. The Morgan fingerprint density at radius 2 is 1.85 bits per heavy atom. The summed E-state index contributed by atoms with van der Waals surface area (Å²) in [6.07, 6.45) is 2.18. The first-order chi connectivity index (χ1) is 16.0. The van der Waals surface area contributed by atoms with Crippen LogP contribution in [0.5, 0.6) is 0 Å². The van der Waals surface area contributed by atoms with Crippen LogP contribution in [-0.4, -0.2) is 47.5 Å². The monoisotopic (exact) mass is 448 g/mol. The maximum Gasteiger partial charge on any atom is 0.226 e. The van der Waals surface area contributed by atoms with Gasteiger partial charge in [0.1, 0.15) is 11.6 Å². The van der Waals surface area contributed by atoms with Gasteiger partial charge in [0.25, 0.3) is 0 Å². The van der Waals surface area contributed by atoms with E-state index in [9.17, 15) is 5.26 Å². The SMILES string of the molecule is CNc1nc(NCCCOC)c(N=Nc2[nH]ncc2C#N)c(Nc2c(C)cc(C)cc2C)n1. The molecule has 0 amide bonds. The Kier molecular flexibility index (Phi) is 7.88. The minimum absolute atomic E-state index is 0.258. The van der Waals surface area contributed by atoms with Crippen LogP contribution >= 0.6 is 0 Å². The second-order valence-corrected chi connectivity index (χ2v) is 7.46. The van der Waals surface area contributed by atoms with Crippen molar-refractivity contribution >= 4 is 34.8 Å². The number of ether oxygens (including phenoxy) is 1. The fourth-order valence-corrected chi connectivity index (χ4v) is 3.33. The number of nitrogens with one attached hydrogen (secondary N) is 4. The van der Waals surface area contributed by atoms with Gasteiger partial charge in [-0.15, -0.1) is 10.2 Å². The Morgan fingerprint density at radius 1 is 1.12 bits per heavy atom. The van der Waals surface area contributed by atoms with E-state index in [0.717, 1.165) is 23.2 Å². The molecule has 4 N–H and O–H groups in total. The number of aromatic amines is 1. The summed E-state index contributed by atoms with van der Waals surface area (Å²) in [5.74, 6) is 1.65. The summed E-state index contributed by atoms with van der Waals surface area (Å²) in [7, 11) is 3.41. The molecular weight excluding hydrogens is 420 g/mol. The molecule has 0 aliphatic rings. The summed E-state index contributed by atoms with van der Waals surface area (Å²) >= 11 is 0. The van der Waals surface area contributed by atoms with E-state index in [0.29, 0.717) is 42.0 Å². The molecule has 0 spiro atoms. The molecule has 1 aromatic carbocycles. The second kappa shape index (κ2) is 11.0. The fourth-order valence-electron chi connectivity index (χ4n) is 3.33. The first-order valence-corrected chi connectivity index (χ1v) is 10.5. The standard InChI is InChI=1S/C22H28N10O/c1-13-9-14(2)17(15(3)10-13)27-21-18(30-32-19-16(11-23)12-26-31-19)20(25-7-6-8-33-5)28-22(24-4)29-21/h9-10,12H,6-8H2,1-5H3,(H,26,31)(H3,24,25,27,28,29). The predicted molar refractivity (Wildman–Crippen MR) is 128 cm³/mol. The van der Waals surface area contributed by atoms with Crippen LogP contribution in [0.1, 0.15) is 28.7 Å². The molecule has 0 saturated carbocycles. The third-order valence-corrected chi connectivity index (χ3v) is 4.84. The van der Waals surface area contributed by atoms with Gasteiger partial charge in [0, 0.05) is 33.0 Å². The van der Waals surface area contributed by atoms with Crippen molar-refractivity contribution in [3.8, 4) is 6.07 Å². The number of anilines is 4. The van der Waals surface area contributed by atoms with Gasteiger partial charge in [0.05, 0.1) is 6.20 Å². The molecule has 2 aromatic heterocycles. The summed E-state index contributed by atoms with van der Waals surface area (Å²) in [6.45, 7) is 7.37. The number of methoxy groups -OCH3 is 1. The van der Waals surface area contributed by atoms with E-state index in [2.05, 4.69) is 65.4 Å². The molecule has 0 bridgehead atoms. The Hall–Kier alpha value is -4.04. The summed E-state index contributed by atoms with van der Waals surface area (Å²) < 4.78 is 5.13. The largest absolute Gasteiger partial charge is 0.385 e. The third kappa shape index (κ3) is 5.81. The van der Waals surface area contributed by atoms with Crippen molar-refractivity contribution in [3.63, 3.8) is 0 Å². The average molecular weight is 449 g/mol. The van der Waals surface area contributed by atoms with Gasteiger partial charge in [-0.1, -0.05) is 17.7 Å². The number of H-pyrrole nitrogens is 1. The summed E-state index contributed by atoms with van der Waals surface area (Å²) in [4.78, 5) is 9.13. The van der Waals surface area contributed by atoms with Crippen LogP contribution in [0.15, 0.2) is 28.6 Å². The molecule has 172 valence electrons. The molecule has 3 aromatic rings. The highest BCUT2D eigenvalue weighted by molar-refractivity contribution is 5.80. The number of rotatable bonds is 10. The van der Waals surface area contributed by atoms with E-state index in [4.69, 9.17) is 4.74 Å². The number of nitrogens with zero attached hydrogens (tertiary/aromatic N) is 6. The molecule has 33 heavy (non-hydrogen) atoms. The van der Waals surface area contributed by atoms with Gasteiger partial charge < -0.3 is 20.7 Å². The first kappa shape index (κ1) is 23.6. The number of aryl methyl sites for hydroxylation is 3. The maximum absolute atomic E-state index is 9.25. The molecule has 0 saturated heterocycles. The molecule has 0 radical (unpaired) electrons. The van der Waals surface area contributed by atoms with Crippen LogP contribution < -0.4 is 16.0 Å². The van der Waals surface area contributed by atoms with Gasteiger partial charge >= 0.3 is 0 Å². The van der Waals surface area contributed by atoms with Crippen LogP contribution in [0.3, 0.4) is 0 Å². The van der Waals surface area contributed by atoms with E-state index in [-0.39, 0.29) is 5.82 Å². The molecule has 11 heteroatoms. The third-order valence-electron chi connectivity index (χ3n) is 4.84. The zero-order valence-electron chi connectivity index (χ0n) is 19.4. The molecule has 3 rings (SSSR count). The lowest BCUT2D eigenvalue weighted by molar-refractivity contribution is 0.198. The first-order valence-electron chi connectivity index (χ1n) is 10.5. The Morgan fingerprint density at radius 3 is 2.52 bits per heavy atom. The average Bonchev–Trinajstić information content (AvgIpc) is 3.25. The molecule has 11 nitrogen and oxygen atoms in total. The minimum atomic E-state index is 0.258. The van der Waals surface area contributed by atoms with Gasteiger partial charge in [-0.3, -0.25) is 5.10 Å². The molecule has 0 unspecified atom stereocenters. The van der Waals surface area contributed by atoms with Crippen LogP contribution in [0.25, 0.3) is 0 Å². The summed E-state index contributed by atoms with van der Waals surface area (Å²) in [5, 5.41) is 34.1. The Labute approximate surface area is 192 Å². The van der Waals surface area contributed by atoms with Crippen molar-refractivity contribution in [1.29, 1.82) is 5.26 Å². The van der Waals surface area contributed by atoms with E-state index >= 15 is 0 Å². The zero-order valence-corrected chi connectivity index (χ0v) is 19.4. The maximum atomic E-state index is 9.25. The van der Waals surface area contributed by atoms with Gasteiger partial charge in [-0.25, -0.2) is 0 Å². The highest BCUT2D eigenvalue weighted by Gasteiger charge is 2.17. The molecule has 2 heterocycles. The summed E-state index contributed by atoms with van der Waals surface area (Å²) in [6, 6.07) is 6.24. The van der Waals surface area contributed by atoms with Crippen molar-refractivity contribution in [2.45, 2.75) is 27.2 Å². The van der Waals surface area contributed by atoms with Crippen LogP contribution in [-0.2, 0) is 4.74 Å². The van der Waals surface area contributed by atoms with E-state index in [1.807, 2.05) is 19.9 Å². The van der Waals surface area contributed by atoms with Crippen molar-refractivity contribution in [1.82, 2.24) is 20.2 Å². The molecule has 0 aliphatic heterocycles. The van der Waals surface area contributed by atoms with Crippen LogP contribution in [0.2, 0.25) is 0 Å². The number of hydrogen-bond acceptors (Lipinski definition) is 10. The number of azo groups is 1. The zero-order chi connectivity index (χ0) is 23.8. The lowest BCUT2D eigenvalue weighted by Crippen LogP contribution is -2.10. The van der Waals surface area contributed by atoms with Crippen LogP contribution in [0, 0.1) is 32.1 Å². The van der Waals surface area contributed by atoms with Crippen LogP contribution in [0.4, 0.5) is 34.8 Å². The topological polar surface area (TPSA) is 148 Å². The fraction of sp³-hybridized carbons (Fsp3) is 0.364. The lowest BCUT2D eigenvalue weighted by Gasteiger charge is -2.17. The lowest BCUT2D eigenvalue weighted by atomic mass is 10.1. The van der Waals surface area contributed by atoms with Crippen molar-refractivity contribution in [3.05, 3.63) is 40.6 Å². The normalized spacial score (nSPS) is 10.9. The number of benzene rings is 1. The molecule has 0 atom stereocenters. The van der Waals surface area contributed by atoms with Crippen molar-refractivity contribution in [2.24, 2.45) is 10.2 Å². The minimum Gasteiger partial charge on any atom is -0.385 e. The van der Waals surface area contributed by atoms with Gasteiger partial charge in [0.2, 0.25) is 5.95 Å². The smallest absolute Gasteiger partial charge is 0.226 e. The highest BCUT2D eigenvalue weighted by atomic mass is 16.5. The Bertz CT molecular complexity index is 1160. The highest BCUT2D eigenvalue weighted by Crippen LogP contribution is 2.37. The molecule has 0 fully saturated rings. The number of nitriles is 1. The van der Waals surface area contributed by atoms with Gasteiger partial charge in [-0.05, 0) is 38.3 Å². The summed E-state index contributed by atoms with van der Waals surface area (Å²) in [5.41, 5.74) is 4.97. The Balaban J connectivity index is 2.08. The quantitative estimate of drug-likeness (QED) is 0.259. The van der Waals surface area contributed by atoms with E-state index in [1.54, 1.807) is 14.2 Å². The predicted octanol–water partition coefficient (Wildman–Crippen LogP) is 4.65. The number of hydrogen-bond donors (Lipinski definition) is 4. The number of aromatic nitrogens is 4. The van der Waals surface area contributed by atoms with E-state index < -0.39 is 0 Å². The van der Waals surface area contributed by atoms with Gasteiger partial charge in [-0.2, -0.15) is 20.3 Å².